The first-order valence-corrected chi connectivity index (χ1v) is 9.68. The second kappa shape index (κ2) is 9.37. The van der Waals surface area contributed by atoms with E-state index in [1.807, 2.05) is 30.1 Å². The van der Waals surface area contributed by atoms with Crippen molar-refractivity contribution in [2.24, 2.45) is 5.73 Å². The second-order valence-corrected chi connectivity index (χ2v) is 7.18. The lowest BCUT2D eigenvalue weighted by atomic mass is 10.1. The van der Waals surface area contributed by atoms with Crippen molar-refractivity contribution < 1.29 is 4.79 Å². The van der Waals surface area contributed by atoms with Gasteiger partial charge < -0.3 is 10.6 Å². The van der Waals surface area contributed by atoms with Crippen molar-refractivity contribution in [3.63, 3.8) is 0 Å². The van der Waals surface area contributed by atoms with Gasteiger partial charge in [0.05, 0.1) is 16.3 Å². The highest BCUT2D eigenvalue weighted by Gasteiger charge is 2.11. The molecule has 1 aromatic carbocycles. The molecular formula is C21H24ClN5O. The molecule has 0 aliphatic rings. The van der Waals surface area contributed by atoms with E-state index in [1.54, 1.807) is 6.07 Å². The predicted octanol–water partition coefficient (Wildman–Crippen LogP) is 4.07. The zero-order valence-corrected chi connectivity index (χ0v) is 16.6. The van der Waals surface area contributed by atoms with Crippen LogP contribution in [-0.2, 0) is 6.42 Å². The van der Waals surface area contributed by atoms with Gasteiger partial charge in [-0.15, -0.1) is 0 Å². The van der Waals surface area contributed by atoms with Crippen LogP contribution in [0.5, 0.6) is 0 Å². The van der Waals surface area contributed by atoms with Gasteiger partial charge >= 0.3 is 0 Å². The van der Waals surface area contributed by atoms with Crippen molar-refractivity contribution in [1.82, 2.24) is 15.2 Å². The van der Waals surface area contributed by atoms with Gasteiger partial charge in [0.25, 0.3) is 0 Å². The van der Waals surface area contributed by atoms with E-state index >= 15 is 0 Å². The first kappa shape index (κ1) is 19.9. The molecule has 6 nitrogen and oxygen atoms in total. The number of aromatic amines is 1. The zero-order chi connectivity index (χ0) is 19.9. The predicted molar refractivity (Wildman–Crippen MR) is 113 cm³/mol. The molecular weight excluding hydrogens is 374 g/mol. The number of nitrogens with two attached hydrogens (primary N) is 1. The number of aryl methyl sites for hydroxylation is 1. The average Bonchev–Trinajstić information content (AvgIpc) is 3.17. The van der Waals surface area contributed by atoms with Crippen LogP contribution in [0, 0.1) is 0 Å². The third-order valence-corrected chi connectivity index (χ3v) is 4.89. The lowest BCUT2D eigenvalue weighted by Crippen LogP contribution is -2.21. The van der Waals surface area contributed by atoms with Crippen LogP contribution in [-0.4, -0.2) is 34.7 Å². The average molecular weight is 398 g/mol. The molecule has 0 saturated carbocycles. The Morgan fingerprint density at radius 1 is 1.18 bits per heavy atom. The number of halogens is 1. The summed E-state index contributed by atoms with van der Waals surface area (Å²) < 4.78 is 0. The molecule has 2 heterocycles. The maximum Gasteiger partial charge on any atom is 0.250 e. The van der Waals surface area contributed by atoms with Crippen LogP contribution in [0.1, 0.15) is 35.3 Å². The van der Waals surface area contributed by atoms with Crippen LogP contribution >= 0.6 is 11.6 Å². The topological polar surface area (TPSA) is 87.9 Å². The van der Waals surface area contributed by atoms with E-state index in [-0.39, 0.29) is 0 Å². The van der Waals surface area contributed by atoms with E-state index in [1.165, 1.54) is 6.20 Å². The van der Waals surface area contributed by atoms with Crippen molar-refractivity contribution in [3.05, 3.63) is 64.9 Å². The van der Waals surface area contributed by atoms with Crippen molar-refractivity contribution in [3.8, 4) is 11.3 Å². The molecule has 3 N–H and O–H groups in total. The smallest absolute Gasteiger partial charge is 0.250 e. The number of amides is 1. The van der Waals surface area contributed by atoms with Crippen LogP contribution in [0.15, 0.2) is 48.7 Å². The van der Waals surface area contributed by atoms with Crippen molar-refractivity contribution in [1.29, 1.82) is 0 Å². The zero-order valence-electron chi connectivity index (χ0n) is 15.9. The molecule has 0 atom stereocenters. The Morgan fingerprint density at radius 3 is 2.68 bits per heavy atom. The van der Waals surface area contributed by atoms with Gasteiger partial charge in [-0.25, -0.2) is 4.98 Å². The number of pyridine rings is 1. The molecule has 7 heteroatoms. The summed E-state index contributed by atoms with van der Waals surface area (Å²) in [7, 11) is 1.94. The fourth-order valence-electron chi connectivity index (χ4n) is 3.04. The number of anilines is 1. The molecule has 2 aromatic heterocycles. The van der Waals surface area contributed by atoms with Crippen LogP contribution in [0.25, 0.3) is 11.3 Å². The summed E-state index contributed by atoms with van der Waals surface area (Å²) in [4.78, 5) is 17.4. The molecule has 0 unspecified atom stereocenters. The fourth-order valence-corrected chi connectivity index (χ4v) is 3.35. The highest BCUT2D eigenvalue weighted by atomic mass is 35.5. The van der Waals surface area contributed by atoms with Crippen LogP contribution in [0.4, 0.5) is 5.82 Å². The Morgan fingerprint density at radius 2 is 1.96 bits per heavy atom. The highest BCUT2D eigenvalue weighted by molar-refractivity contribution is 6.33. The highest BCUT2D eigenvalue weighted by Crippen LogP contribution is 2.23. The Labute approximate surface area is 169 Å². The fraction of sp³-hybridized carbons (Fsp3) is 0.286. The quantitative estimate of drug-likeness (QED) is 0.532. The van der Waals surface area contributed by atoms with Gasteiger partial charge in [0, 0.05) is 31.0 Å². The Balaban J connectivity index is 1.43. The molecule has 0 fully saturated rings. The number of carbonyl (C=O) groups excluding carboxylic acids is 1. The van der Waals surface area contributed by atoms with E-state index in [9.17, 15) is 4.79 Å². The molecule has 3 rings (SSSR count). The van der Waals surface area contributed by atoms with Gasteiger partial charge in [0.2, 0.25) is 5.91 Å². The molecule has 1 amide bonds. The van der Waals surface area contributed by atoms with Crippen molar-refractivity contribution in [2.75, 3.05) is 18.5 Å². The number of benzene rings is 1. The van der Waals surface area contributed by atoms with Gasteiger partial charge in [-0.05, 0) is 31.4 Å². The Kier molecular flexibility index (Phi) is 6.66. The number of unbranched alkanes of at least 4 members (excludes halogenated alkanes) is 2. The number of nitrogens with one attached hydrogen (secondary N) is 1. The van der Waals surface area contributed by atoms with E-state index in [0.717, 1.165) is 49.2 Å². The van der Waals surface area contributed by atoms with Gasteiger partial charge in [0.15, 0.2) is 0 Å². The number of H-pyrrole nitrogens is 1. The van der Waals surface area contributed by atoms with Gasteiger partial charge in [-0.3, -0.25) is 9.89 Å². The lowest BCUT2D eigenvalue weighted by molar-refractivity contribution is 0.1000. The first-order chi connectivity index (χ1) is 13.5. The van der Waals surface area contributed by atoms with Crippen LogP contribution < -0.4 is 10.6 Å². The number of primary amides is 1. The van der Waals surface area contributed by atoms with Crippen LogP contribution in [0.2, 0.25) is 5.02 Å². The molecule has 146 valence electrons. The summed E-state index contributed by atoms with van der Waals surface area (Å²) in [6.45, 7) is 0.834. The number of hydrogen-bond acceptors (Lipinski definition) is 4. The minimum atomic E-state index is -0.530. The molecule has 0 aliphatic heterocycles. The van der Waals surface area contributed by atoms with Gasteiger partial charge in [-0.1, -0.05) is 48.4 Å². The minimum absolute atomic E-state index is 0.316. The summed E-state index contributed by atoms with van der Waals surface area (Å²) in [6, 6.07) is 13.8. The molecule has 0 aliphatic carbocycles. The van der Waals surface area contributed by atoms with Gasteiger partial charge in [-0.2, -0.15) is 5.10 Å². The van der Waals surface area contributed by atoms with Gasteiger partial charge in [0.1, 0.15) is 5.82 Å². The van der Waals surface area contributed by atoms with Crippen LogP contribution in [0.3, 0.4) is 0 Å². The van der Waals surface area contributed by atoms with E-state index in [2.05, 4.69) is 33.4 Å². The van der Waals surface area contributed by atoms with E-state index in [4.69, 9.17) is 17.3 Å². The van der Waals surface area contributed by atoms with E-state index < -0.39 is 5.91 Å². The second-order valence-electron chi connectivity index (χ2n) is 6.77. The van der Waals surface area contributed by atoms with E-state index in [0.29, 0.717) is 16.4 Å². The largest absolute Gasteiger partial charge is 0.366 e. The number of hydrogen-bond donors (Lipinski definition) is 2. The number of rotatable bonds is 9. The summed E-state index contributed by atoms with van der Waals surface area (Å²) in [5.41, 5.74) is 8.82. The molecule has 0 spiro atoms. The monoisotopic (exact) mass is 397 g/mol. The maximum atomic E-state index is 11.2. The molecule has 3 aromatic rings. The third kappa shape index (κ3) is 5.10. The standard InChI is InChI=1S/C21H24ClN5O/c1-27(21-18(22)12-16(14-24-21)20(23)28)11-7-3-6-10-17-13-19(26-25-17)15-8-4-2-5-9-15/h2,4-5,8-9,12-14H,3,6-7,10-11H2,1H3,(H2,23,28)(H,25,26). The first-order valence-electron chi connectivity index (χ1n) is 9.31. The SMILES string of the molecule is CN(CCCCCc1cc(-c2ccccc2)n[nH]1)c1ncc(C(N)=O)cc1Cl. The number of aromatic nitrogens is 3. The summed E-state index contributed by atoms with van der Waals surface area (Å²) in [6.07, 6.45) is 5.61. The lowest BCUT2D eigenvalue weighted by Gasteiger charge is -2.19. The summed E-state index contributed by atoms with van der Waals surface area (Å²) in [5.74, 6) is 0.130. The third-order valence-electron chi connectivity index (χ3n) is 4.61. The Bertz CT molecular complexity index is 926. The minimum Gasteiger partial charge on any atom is -0.366 e. The normalized spacial score (nSPS) is 10.8. The molecule has 0 radical (unpaired) electrons. The molecule has 0 saturated heterocycles. The summed E-state index contributed by atoms with van der Waals surface area (Å²) >= 11 is 6.22. The summed E-state index contributed by atoms with van der Waals surface area (Å²) in [5, 5.41) is 7.95. The molecule has 28 heavy (non-hydrogen) atoms. The van der Waals surface area contributed by atoms with Crippen molar-refractivity contribution in [2.45, 2.75) is 25.7 Å². The Hall–Kier alpha value is -2.86. The number of carbonyl (C=O) groups is 1. The maximum absolute atomic E-state index is 11.2. The molecule has 0 bridgehead atoms. The number of nitrogens with zero attached hydrogens (tertiary/aromatic N) is 3. The van der Waals surface area contributed by atoms with Crippen molar-refractivity contribution >= 4 is 23.3 Å².